The van der Waals surface area contributed by atoms with Gasteiger partial charge in [0.25, 0.3) is 0 Å². The molecule has 0 aromatic heterocycles. The van der Waals surface area contributed by atoms with Gasteiger partial charge in [-0.1, -0.05) is 29.3 Å². The lowest BCUT2D eigenvalue weighted by Gasteiger charge is -2.23. The van der Waals surface area contributed by atoms with Crippen LogP contribution in [0.1, 0.15) is 11.1 Å². The first-order valence-electron chi connectivity index (χ1n) is 7.69. The lowest BCUT2D eigenvalue weighted by atomic mass is 10.1. The van der Waals surface area contributed by atoms with Crippen molar-refractivity contribution in [3.63, 3.8) is 0 Å². The SMILES string of the molecule is Cc1ccc(N(CC(=O)Nc2ccc(Cl)cc2C(F)(F)F)S(C)(=O)=O)cc1Cl. The molecule has 0 aliphatic rings. The summed E-state index contributed by atoms with van der Waals surface area (Å²) in [5.41, 5.74) is -0.866. The standard InChI is InChI=1S/C17H15Cl2F3N2O3S/c1-10-3-5-12(8-14(10)19)24(28(2,26)27)9-16(25)23-15-6-4-11(18)7-13(15)17(20,21)22/h3-8H,9H2,1-2H3,(H,23,25). The number of carbonyl (C=O) groups excluding carboxylic acids is 1. The van der Waals surface area contributed by atoms with Crippen LogP contribution in [0.15, 0.2) is 36.4 Å². The minimum atomic E-state index is -4.76. The highest BCUT2D eigenvalue weighted by atomic mass is 35.5. The second kappa shape index (κ2) is 8.18. The Hall–Kier alpha value is -1.97. The summed E-state index contributed by atoms with van der Waals surface area (Å²) in [4.78, 5) is 12.3. The van der Waals surface area contributed by atoms with Crippen molar-refractivity contribution < 1.29 is 26.4 Å². The highest BCUT2D eigenvalue weighted by molar-refractivity contribution is 7.92. The van der Waals surface area contributed by atoms with Crippen molar-refractivity contribution in [3.8, 4) is 0 Å². The molecule has 0 atom stereocenters. The molecule has 0 spiro atoms. The number of hydrogen-bond acceptors (Lipinski definition) is 3. The molecule has 2 aromatic carbocycles. The van der Waals surface area contributed by atoms with Crippen LogP contribution in [-0.2, 0) is 21.0 Å². The van der Waals surface area contributed by atoms with Gasteiger partial charge in [0.1, 0.15) is 6.54 Å². The van der Waals surface area contributed by atoms with Gasteiger partial charge in [0.05, 0.1) is 23.2 Å². The van der Waals surface area contributed by atoms with Crippen molar-refractivity contribution in [2.24, 2.45) is 0 Å². The highest BCUT2D eigenvalue weighted by Gasteiger charge is 2.34. The van der Waals surface area contributed by atoms with Crippen molar-refractivity contribution in [3.05, 3.63) is 57.6 Å². The highest BCUT2D eigenvalue weighted by Crippen LogP contribution is 2.36. The van der Waals surface area contributed by atoms with E-state index in [0.29, 0.717) is 11.6 Å². The lowest BCUT2D eigenvalue weighted by Crippen LogP contribution is -2.37. The lowest BCUT2D eigenvalue weighted by molar-refractivity contribution is -0.137. The van der Waals surface area contributed by atoms with Crippen molar-refractivity contribution in [2.75, 3.05) is 22.4 Å². The van der Waals surface area contributed by atoms with Gasteiger partial charge in [-0.25, -0.2) is 8.42 Å². The molecule has 0 heterocycles. The molecule has 2 aromatic rings. The van der Waals surface area contributed by atoms with Crippen LogP contribution in [0.3, 0.4) is 0 Å². The maximum atomic E-state index is 13.1. The number of alkyl halides is 3. The molecule has 2 rings (SSSR count). The number of nitrogens with zero attached hydrogens (tertiary/aromatic N) is 1. The first kappa shape index (κ1) is 22.3. The molecule has 28 heavy (non-hydrogen) atoms. The summed E-state index contributed by atoms with van der Waals surface area (Å²) in [6.45, 7) is 0.973. The van der Waals surface area contributed by atoms with E-state index in [2.05, 4.69) is 5.32 Å². The smallest absolute Gasteiger partial charge is 0.324 e. The third-order valence-electron chi connectivity index (χ3n) is 3.69. The Morgan fingerprint density at radius 3 is 2.32 bits per heavy atom. The Labute approximate surface area is 170 Å². The second-order valence-electron chi connectivity index (χ2n) is 5.94. The van der Waals surface area contributed by atoms with Gasteiger partial charge in [-0.05, 0) is 42.8 Å². The number of sulfonamides is 1. The monoisotopic (exact) mass is 454 g/mol. The first-order chi connectivity index (χ1) is 12.8. The number of carbonyl (C=O) groups is 1. The molecule has 0 unspecified atom stereocenters. The molecule has 0 aliphatic heterocycles. The van der Waals surface area contributed by atoms with E-state index in [0.717, 1.165) is 16.6 Å². The van der Waals surface area contributed by atoms with Gasteiger partial charge in [0.15, 0.2) is 0 Å². The third-order valence-corrected chi connectivity index (χ3v) is 5.47. The molecule has 0 fully saturated rings. The zero-order valence-corrected chi connectivity index (χ0v) is 17.0. The molecule has 11 heteroatoms. The molecule has 0 saturated heterocycles. The number of aryl methyl sites for hydroxylation is 1. The molecular formula is C17H15Cl2F3N2O3S. The van der Waals surface area contributed by atoms with Gasteiger partial charge in [-0.2, -0.15) is 13.2 Å². The van der Waals surface area contributed by atoms with Crippen LogP contribution >= 0.6 is 23.2 Å². The molecule has 0 aliphatic carbocycles. The zero-order valence-electron chi connectivity index (χ0n) is 14.6. The summed E-state index contributed by atoms with van der Waals surface area (Å²) in [6, 6.07) is 7.21. The number of hydrogen-bond donors (Lipinski definition) is 1. The second-order valence-corrected chi connectivity index (χ2v) is 8.69. The number of nitrogens with one attached hydrogen (secondary N) is 1. The molecule has 0 bridgehead atoms. The van der Waals surface area contributed by atoms with E-state index in [1.807, 2.05) is 0 Å². The Balaban J connectivity index is 2.32. The fourth-order valence-corrected chi connectivity index (χ4v) is 3.51. The predicted molar refractivity (Wildman–Crippen MR) is 103 cm³/mol. The number of rotatable bonds is 5. The van der Waals surface area contributed by atoms with E-state index in [-0.39, 0.29) is 15.7 Å². The zero-order chi connectivity index (χ0) is 21.3. The van der Waals surface area contributed by atoms with Gasteiger partial charge < -0.3 is 5.32 Å². The van der Waals surface area contributed by atoms with E-state index in [1.54, 1.807) is 13.0 Å². The van der Waals surface area contributed by atoms with E-state index < -0.39 is 39.9 Å². The summed E-state index contributed by atoms with van der Waals surface area (Å²) < 4.78 is 64.4. The maximum absolute atomic E-state index is 13.1. The van der Waals surface area contributed by atoms with Gasteiger partial charge >= 0.3 is 6.18 Å². The topological polar surface area (TPSA) is 66.5 Å². The molecule has 152 valence electrons. The summed E-state index contributed by atoms with van der Waals surface area (Å²) in [5.74, 6) is -0.963. The van der Waals surface area contributed by atoms with E-state index in [1.165, 1.54) is 18.2 Å². The number of benzene rings is 2. The quantitative estimate of drug-likeness (QED) is 0.710. The summed E-state index contributed by atoms with van der Waals surface area (Å²) in [5, 5.41) is 2.21. The molecule has 5 nitrogen and oxygen atoms in total. The van der Waals surface area contributed by atoms with Gasteiger partial charge in [0, 0.05) is 10.0 Å². The average Bonchev–Trinajstić information content (AvgIpc) is 2.55. The van der Waals surface area contributed by atoms with Gasteiger partial charge in [-0.3, -0.25) is 9.10 Å². The molecule has 0 saturated carbocycles. The molecule has 0 radical (unpaired) electrons. The van der Waals surface area contributed by atoms with Crippen LogP contribution < -0.4 is 9.62 Å². The fourth-order valence-electron chi connectivity index (χ4n) is 2.32. The summed E-state index contributed by atoms with van der Waals surface area (Å²) >= 11 is 11.6. The summed E-state index contributed by atoms with van der Waals surface area (Å²) in [7, 11) is -3.91. The Bertz CT molecular complexity index is 1010. The third kappa shape index (κ3) is 5.52. The van der Waals surface area contributed by atoms with E-state index >= 15 is 0 Å². The van der Waals surface area contributed by atoms with Crippen molar-refractivity contribution in [2.45, 2.75) is 13.1 Å². The molecule has 1 amide bonds. The van der Waals surface area contributed by atoms with Crippen LogP contribution in [0.25, 0.3) is 0 Å². The minimum absolute atomic E-state index is 0.111. The minimum Gasteiger partial charge on any atom is -0.324 e. The van der Waals surface area contributed by atoms with Gasteiger partial charge in [0.2, 0.25) is 15.9 Å². The molecule has 1 N–H and O–H groups in total. The Kier molecular flexibility index (Phi) is 6.52. The maximum Gasteiger partial charge on any atom is 0.418 e. The average molecular weight is 455 g/mol. The van der Waals surface area contributed by atoms with Crippen molar-refractivity contribution in [1.29, 1.82) is 0 Å². The Morgan fingerprint density at radius 1 is 1.14 bits per heavy atom. The van der Waals surface area contributed by atoms with Crippen LogP contribution in [0.4, 0.5) is 24.5 Å². The predicted octanol–water partition coefficient (Wildman–Crippen LogP) is 4.73. The van der Waals surface area contributed by atoms with Crippen LogP contribution in [-0.4, -0.2) is 27.1 Å². The van der Waals surface area contributed by atoms with Crippen LogP contribution in [0, 0.1) is 6.92 Å². The van der Waals surface area contributed by atoms with E-state index in [9.17, 15) is 26.4 Å². The summed E-state index contributed by atoms with van der Waals surface area (Å²) in [6.07, 6.45) is -3.88. The normalized spacial score (nSPS) is 12.0. The van der Waals surface area contributed by atoms with Crippen molar-refractivity contribution in [1.82, 2.24) is 0 Å². The fraction of sp³-hybridized carbons (Fsp3) is 0.235. The first-order valence-corrected chi connectivity index (χ1v) is 10.3. The largest absolute Gasteiger partial charge is 0.418 e. The molecular weight excluding hydrogens is 440 g/mol. The number of anilines is 2. The number of amides is 1. The van der Waals surface area contributed by atoms with E-state index in [4.69, 9.17) is 23.2 Å². The van der Waals surface area contributed by atoms with Crippen LogP contribution in [0.5, 0.6) is 0 Å². The number of halogens is 5. The van der Waals surface area contributed by atoms with Crippen LogP contribution in [0.2, 0.25) is 10.0 Å². The Morgan fingerprint density at radius 2 is 1.79 bits per heavy atom. The van der Waals surface area contributed by atoms with Crippen molar-refractivity contribution >= 4 is 50.5 Å². The van der Waals surface area contributed by atoms with Gasteiger partial charge in [-0.15, -0.1) is 0 Å².